The molecule has 0 unspecified atom stereocenters. The molecule has 0 aliphatic carbocycles. The summed E-state index contributed by atoms with van der Waals surface area (Å²) in [5.74, 6) is 0. The molecule has 0 fully saturated rings. The Kier molecular flexibility index (Phi) is 3.76. The first-order valence-corrected chi connectivity index (χ1v) is 7.41. The molecule has 3 nitrogen and oxygen atoms in total. The quantitative estimate of drug-likeness (QED) is 0.786. The van der Waals surface area contributed by atoms with E-state index in [1.807, 2.05) is 16.9 Å². The van der Waals surface area contributed by atoms with Gasteiger partial charge in [-0.05, 0) is 30.2 Å². The van der Waals surface area contributed by atoms with Crippen LogP contribution in [0.15, 0.2) is 48.7 Å². The van der Waals surface area contributed by atoms with Crippen molar-refractivity contribution in [2.45, 2.75) is 33.4 Å². The van der Waals surface area contributed by atoms with E-state index in [9.17, 15) is 0 Å². The molecule has 1 heterocycles. The van der Waals surface area contributed by atoms with E-state index in [4.69, 9.17) is 0 Å². The first kappa shape index (κ1) is 13.8. The van der Waals surface area contributed by atoms with Gasteiger partial charge in [0, 0.05) is 18.0 Å². The van der Waals surface area contributed by atoms with Crippen LogP contribution in [-0.4, -0.2) is 15.8 Å². The number of aromatic nitrogens is 2. The molecule has 108 valence electrons. The van der Waals surface area contributed by atoms with Crippen LogP contribution in [0.1, 0.15) is 25.0 Å². The van der Waals surface area contributed by atoms with E-state index < -0.39 is 0 Å². The van der Waals surface area contributed by atoms with Gasteiger partial charge >= 0.3 is 0 Å². The Hall–Kier alpha value is -2.13. The van der Waals surface area contributed by atoms with Gasteiger partial charge in [-0.2, -0.15) is 5.10 Å². The maximum atomic E-state index is 4.56. The largest absolute Gasteiger partial charge is 0.310 e. The molecule has 0 atom stereocenters. The predicted octanol–water partition coefficient (Wildman–Crippen LogP) is 3.83. The third-order valence-corrected chi connectivity index (χ3v) is 3.69. The minimum absolute atomic E-state index is 0.486. The van der Waals surface area contributed by atoms with E-state index in [-0.39, 0.29) is 0 Å². The van der Waals surface area contributed by atoms with Gasteiger partial charge in [0.1, 0.15) is 0 Å². The maximum Gasteiger partial charge on any atom is 0.0741 e. The summed E-state index contributed by atoms with van der Waals surface area (Å²) in [6, 6.07) is 15.4. The van der Waals surface area contributed by atoms with Crippen LogP contribution >= 0.6 is 0 Å². The monoisotopic (exact) mass is 279 g/mol. The van der Waals surface area contributed by atoms with Gasteiger partial charge < -0.3 is 5.32 Å². The molecule has 1 aromatic heterocycles. The highest BCUT2D eigenvalue weighted by atomic mass is 15.3. The van der Waals surface area contributed by atoms with Crippen LogP contribution in [0.2, 0.25) is 0 Å². The second-order valence-electron chi connectivity index (χ2n) is 5.77. The second-order valence-corrected chi connectivity index (χ2v) is 5.77. The summed E-state index contributed by atoms with van der Waals surface area (Å²) in [7, 11) is 0. The minimum Gasteiger partial charge on any atom is -0.310 e. The van der Waals surface area contributed by atoms with Crippen molar-refractivity contribution in [1.82, 2.24) is 15.1 Å². The topological polar surface area (TPSA) is 29.9 Å². The lowest BCUT2D eigenvalue weighted by Gasteiger charge is -2.12. The highest BCUT2D eigenvalue weighted by molar-refractivity contribution is 5.80. The van der Waals surface area contributed by atoms with Crippen molar-refractivity contribution in [3.8, 4) is 5.69 Å². The number of fused-ring (bicyclic) bond motifs is 1. The second kappa shape index (κ2) is 5.70. The van der Waals surface area contributed by atoms with Gasteiger partial charge in [0.05, 0.1) is 17.4 Å². The van der Waals surface area contributed by atoms with E-state index >= 15 is 0 Å². The molecule has 0 aliphatic heterocycles. The number of nitrogens with zero attached hydrogens (tertiary/aromatic N) is 2. The van der Waals surface area contributed by atoms with Crippen molar-refractivity contribution in [2.24, 2.45) is 0 Å². The molecule has 3 rings (SSSR count). The van der Waals surface area contributed by atoms with E-state index in [0.717, 1.165) is 17.7 Å². The Morgan fingerprint density at radius 2 is 1.95 bits per heavy atom. The number of nitrogens with one attached hydrogen (secondary N) is 1. The molecule has 0 bridgehead atoms. The molecule has 0 radical (unpaired) electrons. The molecule has 2 aromatic carbocycles. The van der Waals surface area contributed by atoms with Crippen LogP contribution in [-0.2, 0) is 6.54 Å². The Balaban J connectivity index is 2.03. The van der Waals surface area contributed by atoms with Crippen LogP contribution in [0.5, 0.6) is 0 Å². The van der Waals surface area contributed by atoms with Gasteiger partial charge in [-0.1, -0.05) is 44.2 Å². The van der Waals surface area contributed by atoms with Gasteiger partial charge in [0.15, 0.2) is 0 Å². The molecule has 21 heavy (non-hydrogen) atoms. The molecular formula is C18H21N3. The number of para-hydroxylation sites is 1. The molecule has 3 aromatic rings. The molecule has 1 N–H and O–H groups in total. The van der Waals surface area contributed by atoms with Gasteiger partial charge in [-0.25, -0.2) is 4.68 Å². The first-order valence-electron chi connectivity index (χ1n) is 7.41. The Bertz CT molecular complexity index is 756. The van der Waals surface area contributed by atoms with Crippen molar-refractivity contribution in [2.75, 3.05) is 0 Å². The number of benzene rings is 2. The zero-order valence-electron chi connectivity index (χ0n) is 12.8. The predicted molar refractivity (Wildman–Crippen MR) is 87.8 cm³/mol. The lowest BCUT2D eigenvalue weighted by atomic mass is 10.1. The minimum atomic E-state index is 0.486. The smallest absolute Gasteiger partial charge is 0.0741 e. The van der Waals surface area contributed by atoms with Crippen LogP contribution < -0.4 is 5.32 Å². The highest BCUT2D eigenvalue weighted by Gasteiger charge is 2.08. The summed E-state index contributed by atoms with van der Waals surface area (Å²) in [4.78, 5) is 0. The van der Waals surface area contributed by atoms with Crippen molar-refractivity contribution in [3.63, 3.8) is 0 Å². The molecular weight excluding hydrogens is 258 g/mol. The Morgan fingerprint density at radius 3 is 2.76 bits per heavy atom. The molecule has 0 saturated heterocycles. The summed E-state index contributed by atoms with van der Waals surface area (Å²) >= 11 is 0. The van der Waals surface area contributed by atoms with Crippen molar-refractivity contribution >= 4 is 10.9 Å². The first-order chi connectivity index (χ1) is 10.1. The summed E-state index contributed by atoms with van der Waals surface area (Å²) in [5, 5.41) is 9.19. The Morgan fingerprint density at radius 1 is 1.14 bits per heavy atom. The standard InChI is InChI=1S/C18H21N3/c1-13(2)19-11-15-9-8-14(3)18(10-15)21-17-7-5-4-6-16(17)12-20-21/h4-10,12-13,19H,11H2,1-3H3. The maximum absolute atomic E-state index is 4.56. The fraction of sp³-hybridized carbons (Fsp3) is 0.278. The fourth-order valence-electron chi connectivity index (χ4n) is 2.48. The number of hydrogen-bond donors (Lipinski definition) is 1. The number of aryl methyl sites for hydroxylation is 1. The number of rotatable bonds is 4. The summed E-state index contributed by atoms with van der Waals surface area (Å²) in [6.07, 6.45) is 1.92. The molecule has 0 saturated carbocycles. The molecule has 3 heteroatoms. The Labute approximate surface area is 125 Å². The van der Waals surface area contributed by atoms with Crippen LogP contribution in [0.4, 0.5) is 0 Å². The molecule has 0 aliphatic rings. The van der Waals surface area contributed by atoms with Crippen molar-refractivity contribution in [3.05, 3.63) is 59.8 Å². The van der Waals surface area contributed by atoms with Gasteiger partial charge in [0.25, 0.3) is 0 Å². The zero-order valence-corrected chi connectivity index (χ0v) is 12.8. The highest BCUT2D eigenvalue weighted by Crippen LogP contribution is 2.21. The summed E-state index contributed by atoms with van der Waals surface area (Å²) < 4.78 is 2.03. The van der Waals surface area contributed by atoms with Gasteiger partial charge in [-0.15, -0.1) is 0 Å². The zero-order chi connectivity index (χ0) is 14.8. The van der Waals surface area contributed by atoms with E-state index in [1.54, 1.807) is 0 Å². The van der Waals surface area contributed by atoms with Crippen LogP contribution in [0, 0.1) is 6.92 Å². The van der Waals surface area contributed by atoms with Crippen molar-refractivity contribution < 1.29 is 0 Å². The van der Waals surface area contributed by atoms with Crippen LogP contribution in [0.25, 0.3) is 16.6 Å². The average molecular weight is 279 g/mol. The summed E-state index contributed by atoms with van der Waals surface area (Å²) in [6.45, 7) is 7.34. The fourth-order valence-corrected chi connectivity index (χ4v) is 2.48. The molecule has 0 spiro atoms. The average Bonchev–Trinajstić information content (AvgIpc) is 2.90. The van der Waals surface area contributed by atoms with Gasteiger partial charge in [0.2, 0.25) is 0 Å². The van der Waals surface area contributed by atoms with Crippen LogP contribution in [0.3, 0.4) is 0 Å². The van der Waals surface area contributed by atoms with E-state index in [2.05, 4.69) is 67.6 Å². The molecule has 0 amide bonds. The van der Waals surface area contributed by atoms with E-state index in [1.165, 1.54) is 16.5 Å². The van der Waals surface area contributed by atoms with E-state index in [0.29, 0.717) is 6.04 Å². The lowest BCUT2D eigenvalue weighted by Crippen LogP contribution is -2.21. The normalized spacial score (nSPS) is 11.4. The number of hydrogen-bond acceptors (Lipinski definition) is 2. The lowest BCUT2D eigenvalue weighted by molar-refractivity contribution is 0.588. The third kappa shape index (κ3) is 2.83. The third-order valence-electron chi connectivity index (χ3n) is 3.69. The van der Waals surface area contributed by atoms with Crippen molar-refractivity contribution in [1.29, 1.82) is 0 Å². The summed E-state index contributed by atoms with van der Waals surface area (Å²) in [5.41, 5.74) is 4.81. The van der Waals surface area contributed by atoms with Gasteiger partial charge in [-0.3, -0.25) is 0 Å². The SMILES string of the molecule is Cc1ccc(CNC(C)C)cc1-n1ncc2ccccc21.